The second-order valence-corrected chi connectivity index (χ2v) is 12.3. The van der Waals surface area contributed by atoms with Gasteiger partial charge in [0.05, 0.1) is 58.4 Å². The van der Waals surface area contributed by atoms with Crippen molar-refractivity contribution in [3.63, 3.8) is 0 Å². The highest BCUT2D eigenvalue weighted by Crippen LogP contribution is 2.26. The molecule has 264 valence electrons. The molecule has 1 amide bonds. The number of carbonyl (C=O) groups is 1. The Balaban J connectivity index is 1.14. The summed E-state index contributed by atoms with van der Waals surface area (Å²) in [4.78, 5) is 12.1. The van der Waals surface area contributed by atoms with Crippen molar-refractivity contribution < 1.29 is 38.3 Å². The van der Waals surface area contributed by atoms with Crippen molar-refractivity contribution in [2.75, 3.05) is 66.0 Å². The van der Waals surface area contributed by atoms with Gasteiger partial charge >= 0.3 is 0 Å². The number of rotatable bonds is 25. The van der Waals surface area contributed by atoms with E-state index in [1.807, 2.05) is 48.5 Å². The van der Waals surface area contributed by atoms with Gasteiger partial charge in [0.15, 0.2) is 0 Å². The molecule has 10 heteroatoms. The van der Waals surface area contributed by atoms with Gasteiger partial charge in [-0.15, -0.1) is 0 Å². The fourth-order valence-electron chi connectivity index (χ4n) is 5.33. The van der Waals surface area contributed by atoms with Crippen molar-refractivity contribution in [3.05, 3.63) is 54.1 Å². The molecule has 47 heavy (non-hydrogen) atoms. The molecule has 10 nitrogen and oxygen atoms in total. The molecule has 2 aromatic carbocycles. The van der Waals surface area contributed by atoms with Gasteiger partial charge in [0.2, 0.25) is 5.91 Å². The van der Waals surface area contributed by atoms with Crippen LogP contribution in [-0.4, -0.2) is 83.1 Å². The number of ether oxygens (including phenoxy) is 6. The Kier molecular flexibility index (Phi) is 19.2. The number of hydrogen-bond acceptors (Lipinski definition) is 9. The quantitative estimate of drug-likeness (QED) is 0.119. The van der Waals surface area contributed by atoms with Crippen molar-refractivity contribution in [1.29, 1.82) is 0 Å². The molecule has 2 aromatic rings. The zero-order valence-corrected chi connectivity index (χ0v) is 28.5. The molecule has 1 fully saturated rings. The smallest absolute Gasteiger partial charge is 0.246 e. The van der Waals surface area contributed by atoms with Crippen molar-refractivity contribution in [3.8, 4) is 17.2 Å². The van der Waals surface area contributed by atoms with Crippen LogP contribution in [0.4, 0.5) is 0 Å². The number of aliphatic hydroxyl groups is 1. The Hall–Kier alpha value is -2.89. The molecule has 0 aromatic heterocycles. The zero-order valence-electron chi connectivity index (χ0n) is 28.5. The molecule has 3 rings (SSSR count). The van der Waals surface area contributed by atoms with Crippen LogP contribution in [0.1, 0.15) is 76.9 Å². The average molecular weight is 659 g/mol. The lowest BCUT2D eigenvalue weighted by atomic mass is 9.90. The SMILES string of the molecule is CCC(CC)COc1cccc(OCC(N)COCCOCCOCC(=O)NCCC(O)c2cccc(OCC3CCCCC3)c2)c1. The summed E-state index contributed by atoms with van der Waals surface area (Å²) in [6, 6.07) is 14.9. The van der Waals surface area contributed by atoms with Crippen molar-refractivity contribution in [1.82, 2.24) is 5.32 Å². The van der Waals surface area contributed by atoms with Gasteiger partial charge in [0.1, 0.15) is 30.5 Å². The van der Waals surface area contributed by atoms with Crippen LogP contribution in [0.5, 0.6) is 17.2 Å². The summed E-state index contributed by atoms with van der Waals surface area (Å²) in [5.41, 5.74) is 6.91. The van der Waals surface area contributed by atoms with Crippen LogP contribution in [0, 0.1) is 11.8 Å². The largest absolute Gasteiger partial charge is 0.493 e. The second-order valence-electron chi connectivity index (χ2n) is 12.3. The Morgan fingerprint density at radius 3 is 2.19 bits per heavy atom. The van der Waals surface area contributed by atoms with Crippen molar-refractivity contribution in [2.45, 2.75) is 77.4 Å². The van der Waals surface area contributed by atoms with E-state index in [9.17, 15) is 9.90 Å². The monoisotopic (exact) mass is 658 g/mol. The topological polar surface area (TPSA) is 131 Å². The molecular formula is C37H58N2O8. The van der Waals surface area contributed by atoms with Crippen molar-refractivity contribution in [2.24, 2.45) is 17.6 Å². The summed E-state index contributed by atoms with van der Waals surface area (Å²) in [5, 5.41) is 13.4. The maximum Gasteiger partial charge on any atom is 0.246 e. The fourth-order valence-corrected chi connectivity index (χ4v) is 5.33. The normalized spacial score (nSPS) is 14.9. The van der Waals surface area contributed by atoms with E-state index >= 15 is 0 Å². The van der Waals surface area contributed by atoms with Crippen LogP contribution < -0.4 is 25.3 Å². The summed E-state index contributed by atoms with van der Waals surface area (Å²) in [6.07, 6.45) is 8.26. The molecule has 1 aliphatic rings. The first-order valence-electron chi connectivity index (χ1n) is 17.5. The predicted octanol–water partition coefficient (Wildman–Crippen LogP) is 5.46. The van der Waals surface area contributed by atoms with Gasteiger partial charge in [-0.25, -0.2) is 0 Å². The Morgan fingerprint density at radius 2 is 1.47 bits per heavy atom. The lowest BCUT2D eigenvalue weighted by Gasteiger charge is -2.22. The minimum Gasteiger partial charge on any atom is -0.493 e. The minimum absolute atomic E-state index is 0.0671. The molecule has 2 unspecified atom stereocenters. The van der Waals surface area contributed by atoms with E-state index in [-0.39, 0.29) is 25.2 Å². The third kappa shape index (κ3) is 16.7. The highest BCUT2D eigenvalue weighted by molar-refractivity contribution is 5.77. The number of hydrogen-bond donors (Lipinski definition) is 3. The third-order valence-electron chi connectivity index (χ3n) is 8.41. The van der Waals surface area contributed by atoms with E-state index in [4.69, 9.17) is 34.2 Å². The van der Waals surface area contributed by atoms with E-state index in [1.165, 1.54) is 32.1 Å². The Labute approximate surface area is 281 Å². The maximum atomic E-state index is 12.1. The lowest BCUT2D eigenvalue weighted by molar-refractivity contribution is -0.126. The average Bonchev–Trinajstić information content (AvgIpc) is 3.10. The first-order chi connectivity index (χ1) is 23.0. The molecule has 0 spiro atoms. The second kappa shape index (κ2) is 23.4. The van der Waals surface area contributed by atoms with Crippen LogP contribution in [0.2, 0.25) is 0 Å². The highest BCUT2D eigenvalue weighted by atomic mass is 16.5. The third-order valence-corrected chi connectivity index (χ3v) is 8.41. The number of aliphatic hydroxyl groups excluding tert-OH is 1. The van der Waals surface area contributed by atoms with Crippen LogP contribution in [0.3, 0.4) is 0 Å². The molecule has 1 aliphatic carbocycles. The van der Waals surface area contributed by atoms with Gasteiger partial charge in [-0.1, -0.05) is 64.2 Å². The number of amides is 1. The molecular weight excluding hydrogens is 600 g/mol. The predicted molar refractivity (Wildman–Crippen MR) is 183 cm³/mol. The number of nitrogens with one attached hydrogen (secondary N) is 1. The van der Waals surface area contributed by atoms with E-state index < -0.39 is 6.10 Å². The molecule has 0 aliphatic heterocycles. The van der Waals surface area contributed by atoms with E-state index in [1.54, 1.807) is 0 Å². The molecule has 0 heterocycles. The van der Waals surface area contributed by atoms with Crippen LogP contribution in [0.25, 0.3) is 0 Å². The molecule has 4 N–H and O–H groups in total. The molecule has 2 atom stereocenters. The van der Waals surface area contributed by atoms with Gasteiger partial charge < -0.3 is 44.6 Å². The highest BCUT2D eigenvalue weighted by Gasteiger charge is 2.15. The maximum absolute atomic E-state index is 12.1. The minimum atomic E-state index is -0.687. The Bertz CT molecular complexity index is 1110. The molecule has 1 saturated carbocycles. The van der Waals surface area contributed by atoms with E-state index in [0.717, 1.165) is 36.5 Å². The standard InChI is InChI=1S/C37H58N2O8/c1-3-29(4-2)24-45-34-14-9-15-35(23-34)47-27-32(38)26-43-20-18-42-19-21-44-28-37(41)39-17-16-36(40)31-12-8-13-33(22-31)46-25-30-10-6-5-7-11-30/h8-9,12-15,22-23,29-30,32,36,40H,3-7,10-11,16-21,24-28,38H2,1-2H3,(H,39,41). The van der Waals surface area contributed by atoms with Gasteiger partial charge in [-0.05, 0) is 60.9 Å². The fraction of sp³-hybridized carbons (Fsp3) is 0.649. The lowest BCUT2D eigenvalue weighted by Crippen LogP contribution is -2.33. The van der Waals surface area contributed by atoms with Crippen LogP contribution >= 0.6 is 0 Å². The summed E-state index contributed by atoms with van der Waals surface area (Å²) >= 11 is 0. The zero-order chi connectivity index (χ0) is 33.5. The summed E-state index contributed by atoms with van der Waals surface area (Å²) in [7, 11) is 0. The first-order valence-corrected chi connectivity index (χ1v) is 17.5. The molecule has 0 saturated heterocycles. The van der Waals surface area contributed by atoms with Gasteiger partial charge in [0, 0.05) is 12.6 Å². The van der Waals surface area contributed by atoms with Gasteiger partial charge in [-0.3, -0.25) is 4.79 Å². The van der Waals surface area contributed by atoms with Gasteiger partial charge in [0.25, 0.3) is 0 Å². The number of nitrogens with two attached hydrogens (primary N) is 1. The van der Waals surface area contributed by atoms with Gasteiger partial charge in [-0.2, -0.15) is 0 Å². The number of benzene rings is 2. The number of carbonyl (C=O) groups excluding carboxylic acids is 1. The van der Waals surface area contributed by atoms with E-state index in [0.29, 0.717) is 70.2 Å². The van der Waals surface area contributed by atoms with Crippen molar-refractivity contribution >= 4 is 5.91 Å². The van der Waals surface area contributed by atoms with Crippen LogP contribution in [0.15, 0.2) is 48.5 Å². The summed E-state index contributed by atoms with van der Waals surface area (Å²) in [5.74, 6) is 3.23. The Morgan fingerprint density at radius 1 is 0.830 bits per heavy atom. The summed E-state index contributed by atoms with van der Waals surface area (Å²) in [6.45, 7) is 8.16. The van der Waals surface area contributed by atoms with Crippen LogP contribution in [-0.2, 0) is 19.0 Å². The molecule has 0 bridgehead atoms. The molecule has 0 radical (unpaired) electrons. The first kappa shape index (κ1) is 38.6. The van der Waals surface area contributed by atoms with E-state index in [2.05, 4.69) is 19.2 Å². The summed E-state index contributed by atoms with van der Waals surface area (Å²) < 4.78 is 34.2.